The van der Waals surface area contributed by atoms with E-state index >= 15 is 0 Å². The zero-order valence-corrected chi connectivity index (χ0v) is 15.4. The summed E-state index contributed by atoms with van der Waals surface area (Å²) in [6.07, 6.45) is 1.45. The maximum Gasteiger partial charge on any atom is 0.262 e. The van der Waals surface area contributed by atoms with Gasteiger partial charge in [-0.15, -0.1) is 11.3 Å². The molecule has 3 aromatic rings. The third kappa shape index (κ3) is 4.47. The van der Waals surface area contributed by atoms with E-state index < -0.39 is 5.91 Å². The molecule has 1 aromatic carbocycles. The summed E-state index contributed by atoms with van der Waals surface area (Å²) < 4.78 is 6.71. The van der Waals surface area contributed by atoms with E-state index in [9.17, 15) is 10.1 Å². The van der Waals surface area contributed by atoms with Crippen LogP contribution in [0, 0.1) is 11.3 Å². The van der Waals surface area contributed by atoms with Gasteiger partial charge in [0.25, 0.3) is 5.91 Å². The first-order valence-corrected chi connectivity index (χ1v) is 9.11. The number of benzene rings is 1. The van der Waals surface area contributed by atoms with E-state index in [1.54, 1.807) is 17.4 Å². The largest absolute Gasteiger partial charge is 0.457 e. The van der Waals surface area contributed by atoms with Crippen molar-refractivity contribution in [2.24, 2.45) is 0 Å². The van der Waals surface area contributed by atoms with Crippen LogP contribution in [0.3, 0.4) is 0 Å². The van der Waals surface area contributed by atoms with Crippen molar-refractivity contribution in [2.45, 2.75) is 6.54 Å². The summed E-state index contributed by atoms with van der Waals surface area (Å²) in [5.41, 5.74) is 0.928. The Morgan fingerprint density at radius 2 is 2.04 bits per heavy atom. The van der Waals surface area contributed by atoms with Crippen molar-refractivity contribution in [2.75, 3.05) is 0 Å². The lowest BCUT2D eigenvalue weighted by atomic mass is 10.2. The normalized spacial score (nSPS) is 11.1. The van der Waals surface area contributed by atoms with Crippen LogP contribution in [0.4, 0.5) is 0 Å². The molecule has 1 amide bonds. The van der Waals surface area contributed by atoms with E-state index in [4.69, 9.17) is 4.42 Å². The van der Waals surface area contributed by atoms with Gasteiger partial charge < -0.3 is 9.73 Å². The molecule has 1 N–H and O–H groups in total. The van der Waals surface area contributed by atoms with Gasteiger partial charge >= 0.3 is 0 Å². The summed E-state index contributed by atoms with van der Waals surface area (Å²) >= 11 is 4.94. The Labute approximate surface area is 157 Å². The van der Waals surface area contributed by atoms with Crippen LogP contribution >= 0.6 is 27.3 Å². The molecule has 4 nitrogen and oxygen atoms in total. The van der Waals surface area contributed by atoms with Gasteiger partial charge in [0.05, 0.1) is 6.54 Å². The number of hydrogen-bond donors (Lipinski definition) is 1. The molecule has 25 heavy (non-hydrogen) atoms. The van der Waals surface area contributed by atoms with E-state index in [2.05, 4.69) is 21.2 Å². The number of nitriles is 1. The maximum atomic E-state index is 12.1. The highest BCUT2D eigenvalue weighted by atomic mass is 79.9. The molecule has 6 heteroatoms. The Morgan fingerprint density at radius 3 is 2.72 bits per heavy atom. The number of nitrogens with one attached hydrogen (secondary N) is 1. The summed E-state index contributed by atoms with van der Waals surface area (Å²) in [7, 11) is 0. The van der Waals surface area contributed by atoms with Crippen molar-refractivity contribution >= 4 is 39.2 Å². The van der Waals surface area contributed by atoms with Gasteiger partial charge in [-0.05, 0) is 35.7 Å². The Kier molecular flexibility index (Phi) is 5.49. The van der Waals surface area contributed by atoms with Crippen molar-refractivity contribution in [3.8, 4) is 17.4 Å². The Balaban J connectivity index is 1.72. The van der Waals surface area contributed by atoms with E-state index in [1.165, 1.54) is 6.08 Å². The summed E-state index contributed by atoms with van der Waals surface area (Å²) in [6.45, 7) is 0.401. The molecule has 3 rings (SSSR count). The molecule has 0 unspecified atom stereocenters. The number of halogens is 1. The second-order valence-corrected chi connectivity index (χ2v) is 7.09. The molecule has 0 spiro atoms. The molecule has 0 fully saturated rings. The molecule has 2 aromatic heterocycles. The molecule has 0 saturated carbocycles. The van der Waals surface area contributed by atoms with Gasteiger partial charge in [0.15, 0.2) is 0 Å². The molecular formula is C19H13BrN2O2S. The van der Waals surface area contributed by atoms with E-state index in [-0.39, 0.29) is 5.57 Å². The quantitative estimate of drug-likeness (QED) is 0.473. The summed E-state index contributed by atoms with van der Waals surface area (Å²) in [5.74, 6) is 0.716. The summed E-state index contributed by atoms with van der Waals surface area (Å²) in [6, 6.07) is 17.0. The lowest BCUT2D eigenvalue weighted by molar-refractivity contribution is -0.117. The SMILES string of the molecule is N#CC(=Cc1ccc(-c2ccc(Br)cc2)o1)C(=O)NCc1cccs1. The molecule has 124 valence electrons. The first-order valence-electron chi connectivity index (χ1n) is 7.44. The molecular weight excluding hydrogens is 400 g/mol. The fraction of sp³-hybridized carbons (Fsp3) is 0.0526. The van der Waals surface area contributed by atoms with Crippen molar-refractivity contribution in [3.63, 3.8) is 0 Å². The molecule has 0 atom stereocenters. The minimum absolute atomic E-state index is 0.00765. The van der Waals surface area contributed by atoms with Gasteiger partial charge in [-0.25, -0.2) is 0 Å². The van der Waals surface area contributed by atoms with Gasteiger partial charge in [-0.1, -0.05) is 34.1 Å². The van der Waals surface area contributed by atoms with Crippen molar-refractivity contribution in [1.29, 1.82) is 5.26 Å². The molecule has 0 aliphatic rings. The Bertz CT molecular complexity index is 935. The van der Waals surface area contributed by atoms with Crippen molar-refractivity contribution < 1.29 is 9.21 Å². The lowest BCUT2D eigenvalue weighted by Gasteiger charge is -2.01. The monoisotopic (exact) mass is 412 g/mol. The molecule has 0 aliphatic heterocycles. The highest BCUT2D eigenvalue weighted by Crippen LogP contribution is 2.25. The van der Waals surface area contributed by atoms with Crippen LogP contribution in [0.5, 0.6) is 0 Å². The predicted molar refractivity (Wildman–Crippen MR) is 102 cm³/mol. The first-order chi connectivity index (χ1) is 12.2. The molecule has 0 aliphatic carbocycles. The van der Waals surface area contributed by atoms with Gasteiger partial charge in [-0.3, -0.25) is 4.79 Å². The molecule has 0 bridgehead atoms. The third-order valence-electron chi connectivity index (χ3n) is 3.41. The van der Waals surface area contributed by atoms with Crippen LogP contribution in [0.25, 0.3) is 17.4 Å². The van der Waals surface area contributed by atoms with Crippen LogP contribution in [0.2, 0.25) is 0 Å². The fourth-order valence-corrected chi connectivity index (χ4v) is 3.08. The van der Waals surface area contributed by atoms with Gasteiger partial charge in [0.2, 0.25) is 0 Å². The highest BCUT2D eigenvalue weighted by molar-refractivity contribution is 9.10. The standard InChI is InChI=1S/C19H13BrN2O2S/c20-15-5-3-13(4-6-15)18-8-7-16(24-18)10-14(11-21)19(23)22-12-17-2-1-9-25-17/h1-10H,12H2,(H,22,23). The van der Waals surface area contributed by atoms with Gasteiger partial charge in [0.1, 0.15) is 23.2 Å². The minimum atomic E-state index is -0.419. The Morgan fingerprint density at radius 1 is 1.24 bits per heavy atom. The average molecular weight is 413 g/mol. The van der Waals surface area contributed by atoms with Crippen LogP contribution < -0.4 is 5.32 Å². The van der Waals surface area contributed by atoms with Crippen molar-refractivity contribution in [1.82, 2.24) is 5.32 Å². The van der Waals surface area contributed by atoms with Crippen LogP contribution in [-0.4, -0.2) is 5.91 Å². The number of carbonyl (C=O) groups excluding carboxylic acids is 1. The Hall–Kier alpha value is -2.62. The number of rotatable bonds is 5. The van der Waals surface area contributed by atoms with Gasteiger partial charge in [0, 0.05) is 21.0 Å². The number of thiophene rings is 1. The predicted octanol–water partition coefficient (Wildman–Crippen LogP) is 4.99. The first kappa shape index (κ1) is 17.2. The zero-order valence-electron chi connectivity index (χ0n) is 13.0. The smallest absolute Gasteiger partial charge is 0.262 e. The lowest BCUT2D eigenvalue weighted by Crippen LogP contribution is -2.23. The topological polar surface area (TPSA) is 66.0 Å². The second-order valence-electron chi connectivity index (χ2n) is 5.14. The number of hydrogen-bond acceptors (Lipinski definition) is 4. The van der Waals surface area contributed by atoms with Crippen LogP contribution in [0.15, 0.2) is 68.4 Å². The minimum Gasteiger partial charge on any atom is -0.457 e. The second kappa shape index (κ2) is 7.97. The van der Waals surface area contributed by atoms with E-state index in [1.807, 2.05) is 53.9 Å². The maximum absolute atomic E-state index is 12.1. The number of nitrogens with zero attached hydrogens (tertiary/aromatic N) is 1. The molecule has 0 radical (unpaired) electrons. The zero-order chi connectivity index (χ0) is 17.6. The number of furan rings is 1. The van der Waals surface area contributed by atoms with Crippen molar-refractivity contribution in [3.05, 3.63) is 74.6 Å². The average Bonchev–Trinajstić information content (AvgIpc) is 3.30. The van der Waals surface area contributed by atoms with Crippen LogP contribution in [0.1, 0.15) is 10.6 Å². The molecule has 0 saturated heterocycles. The number of carbonyl (C=O) groups is 1. The highest BCUT2D eigenvalue weighted by Gasteiger charge is 2.11. The third-order valence-corrected chi connectivity index (χ3v) is 4.82. The summed E-state index contributed by atoms with van der Waals surface area (Å²) in [5, 5.41) is 13.9. The number of amides is 1. The van der Waals surface area contributed by atoms with E-state index in [0.717, 1.165) is 14.9 Å². The summed E-state index contributed by atoms with van der Waals surface area (Å²) in [4.78, 5) is 13.2. The van der Waals surface area contributed by atoms with Gasteiger partial charge in [-0.2, -0.15) is 5.26 Å². The van der Waals surface area contributed by atoms with Crippen LogP contribution in [-0.2, 0) is 11.3 Å². The molecule has 2 heterocycles. The fourth-order valence-electron chi connectivity index (χ4n) is 2.17. The van der Waals surface area contributed by atoms with E-state index in [0.29, 0.717) is 18.1 Å².